The zero-order chi connectivity index (χ0) is 15.6. The van der Waals surface area contributed by atoms with Crippen molar-refractivity contribution in [2.24, 2.45) is 0 Å². The van der Waals surface area contributed by atoms with Crippen molar-refractivity contribution >= 4 is 0 Å². The van der Waals surface area contributed by atoms with Crippen LogP contribution in [0.1, 0.15) is 30.6 Å². The van der Waals surface area contributed by atoms with Crippen LogP contribution in [-0.2, 0) is 25.9 Å². The number of nitrogens with zero attached hydrogens (tertiary/aromatic N) is 3. The van der Waals surface area contributed by atoms with Crippen molar-refractivity contribution in [3.05, 3.63) is 35.4 Å². The van der Waals surface area contributed by atoms with Gasteiger partial charge >= 0.3 is 0 Å². The maximum absolute atomic E-state index is 5.64. The van der Waals surface area contributed by atoms with Crippen LogP contribution >= 0.6 is 0 Å². The third-order valence-electron chi connectivity index (χ3n) is 4.42. The number of fused-ring (bicyclic) bond motifs is 2. The molecule has 0 aliphatic carbocycles. The lowest BCUT2D eigenvalue weighted by atomic mass is 10.1. The molecule has 122 valence electrons. The molecule has 0 unspecified atom stereocenters. The van der Waals surface area contributed by atoms with Gasteiger partial charge in [0.1, 0.15) is 19.0 Å². The first-order chi connectivity index (χ1) is 11.3. The molecule has 23 heavy (non-hydrogen) atoms. The van der Waals surface area contributed by atoms with Gasteiger partial charge in [-0.3, -0.25) is 0 Å². The Balaban J connectivity index is 1.38. The molecule has 3 heterocycles. The summed E-state index contributed by atoms with van der Waals surface area (Å²) in [6.45, 7) is 5.08. The Morgan fingerprint density at radius 3 is 3.00 bits per heavy atom. The van der Waals surface area contributed by atoms with Crippen LogP contribution in [0.2, 0.25) is 0 Å². The van der Waals surface area contributed by atoms with E-state index in [4.69, 9.17) is 9.47 Å². The normalized spacial score (nSPS) is 19.4. The van der Waals surface area contributed by atoms with Gasteiger partial charge in [-0.25, -0.2) is 9.67 Å². The Hall–Kier alpha value is -2.08. The van der Waals surface area contributed by atoms with Crippen molar-refractivity contribution in [3.63, 3.8) is 0 Å². The van der Waals surface area contributed by atoms with E-state index in [1.54, 1.807) is 0 Å². The van der Waals surface area contributed by atoms with Crippen molar-refractivity contribution in [2.75, 3.05) is 13.2 Å². The molecule has 0 radical (unpaired) electrons. The standard InChI is InChI=1S/C17H22N4O2/c1-2-16-19-17-6-4-13(11-21(17)20-16)18-10-12-3-5-14-15(9-12)23-8-7-22-14/h3,5,9,13,18H,2,4,6-8,10-11H2,1H3/t13-/m0/s1. The van der Waals surface area contributed by atoms with Crippen molar-refractivity contribution < 1.29 is 9.47 Å². The second-order valence-corrected chi connectivity index (χ2v) is 6.07. The molecule has 2 aliphatic rings. The number of ether oxygens (including phenoxy) is 2. The summed E-state index contributed by atoms with van der Waals surface area (Å²) >= 11 is 0. The van der Waals surface area contributed by atoms with Crippen LogP contribution in [0.3, 0.4) is 0 Å². The molecule has 0 amide bonds. The van der Waals surface area contributed by atoms with Gasteiger partial charge in [0.15, 0.2) is 17.3 Å². The molecule has 0 bridgehead atoms. The predicted molar refractivity (Wildman–Crippen MR) is 85.8 cm³/mol. The van der Waals surface area contributed by atoms with Gasteiger partial charge in [-0.1, -0.05) is 13.0 Å². The van der Waals surface area contributed by atoms with Crippen molar-refractivity contribution in [1.29, 1.82) is 0 Å². The summed E-state index contributed by atoms with van der Waals surface area (Å²) in [4.78, 5) is 4.56. The highest BCUT2D eigenvalue weighted by Gasteiger charge is 2.21. The second kappa shape index (κ2) is 6.20. The Bertz CT molecular complexity index is 698. The maximum atomic E-state index is 5.64. The van der Waals surface area contributed by atoms with Crippen LogP contribution < -0.4 is 14.8 Å². The SMILES string of the molecule is CCc1nc2n(n1)C[C@@H](NCc1ccc3c(c1)OCCO3)CC2. The summed E-state index contributed by atoms with van der Waals surface area (Å²) in [7, 11) is 0. The monoisotopic (exact) mass is 314 g/mol. The van der Waals surface area contributed by atoms with Gasteiger partial charge in [0.25, 0.3) is 0 Å². The van der Waals surface area contributed by atoms with Crippen LogP contribution in [0, 0.1) is 0 Å². The summed E-state index contributed by atoms with van der Waals surface area (Å²) in [5, 5.41) is 8.19. The average molecular weight is 314 g/mol. The van der Waals surface area contributed by atoms with E-state index in [0.29, 0.717) is 19.3 Å². The van der Waals surface area contributed by atoms with E-state index in [1.165, 1.54) is 5.56 Å². The molecule has 0 fully saturated rings. The number of rotatable bonds is 4. The van der Waals surface area contributed by atoms with E-state index in [1.807, 2.05) is 6.07 Å². The first-order valence-electron chi connectivity index (χ1n) is 8.36. The molecule has 6 nitrogen and oxygen atoms in total. The summed E-state index contributed by atoms with van der Waals surface area (Å²) < 4.78 is 13.3. The minimum Gasteiger partial charge on any atom is -0.486 e. The van der Waals surface area contributed by atoms with Crippen LogP contribution in [0.5, 0.6) is 11.5 Å². The Morgan fingerprint density at radius 1 is 1.26 bits per heavy atom. The zero-order valence-corrected chi connectivity index (χ0v) is 13.4. The second-order valence-electron chi connectivity index (χ2n) is 6.07. The minimum absolute atomic E-state index is 0.433. The smallest absolute Gasteiger partial charge is 0.161 e. The third-order valence-corrected chi connectivity index (χ3v) is 4.42. The Kier molecular flexibility index (Phi) is 3.91. The number of benzene rings is 1. The molecule has 2 aliphatic heterocycles. The number of nitrogens with one attached hydrogen (secondary N) is 1. The molecular formula is C17H22N4O2. The quantitative estimate of drug-likeness (QED) is 0.931. The fraction of sp³-hybridized carbons (Fsp3) is 0.529. The highest BCUT2D eigenvalue weighted by Crippen LogP contribution is 2.30. The van der Waals surface area contributed by atoms with Gasteiger partial charge in [0.05, 0.1) is 6.54 Å². The van der Waals surface area contributed by atoms with E-state index in [9.17, 15) is 0 Å². The van der Waals surface area contributed by atoms with Crippen molar-refractivity contribution in [2.45, 2.75) is 45.3 Å². The maximum Gasteiger partial charge on any atom is 0.161 e. The van der Waals surface area contributed by atoms with Gasteiger partial charge in [0.2, 0.25) is 0 Å². The number of hydrogen-bond donors (Lipinski definition) is 1. The first-order valence-corrected chi connectivity index (χ1v) is 8.36. The van der Waals surface area contributed by atoms with Gasteiger partial charge in [-0.05, 0) is 24.1 Å². The van der Waals surface area contributed by atoms with E-state index in [0.717, 1.165) is 55.5 Å². The molecule has 4 rings (SSSR count). The first kappa shape index (κ1) is 14.5. The fourth-order valence-electron chi connectivity index (χ4n) is 3.14. The fourth-order valence-corrected chi connectivity index (χ4v) is 3.14. The van der Waals surface area contributed by atoms with Crippen molar-refractivity contribution in [3.8, 4) is 11.5 Å². The molecule has 2 aromatic rings. The van der Waals surface area contributed by atoms with Gasteiger partial charge in [-0.15, -0.1) is 0 Å². The van der Waals surface area contributed by atoms with E-state index < -0.39 is 0 Å². The number of aryl methyl sites for hydroxylation is 2. The Morgan fingerprint density at radius 2 is 2.13 bits per heavy atom. The van der Waals surface area contributed by atoms with Crippen LogP contribution in [-0.4, -0.2) is 34.0 Å². The molecule has 0 saturated heterocycles. The molecule has 1 aromatic heterocycles. The van der Waals surface area contributed by atoms with Crippen LogP contribution in [0.4, 0.5) is 0 Å². The van der Waals surface area contributed by atoms with Crippen LogP contribution in [0.15, 0.2) is 18.2 Å². The lowest BCUT2D eigenvalue weighted by Crippen LogP contribution is -2.37. The zero-order valence-electron chi connectivity index (χ0n) is 13.4. The van der Waals surface area contributed by atoms with E-state index in [-0.39, 0.29) is 0 Å². The average Bonchev–Trinajstić information content (AvgIpc) is 3.02. The molecule has 6 heteroatoms. The number of aromatic nitrogens is 3. The van der Waals surface area contributed by atoms with E-state index in [2.05, 4.69) is 39.1 Å². The Labute approximate surface area is 135 Å². The van der Waals surface area contributed by atoms with Gasteiger partial charge in [0, 0.05) is 25.4 Å². The summed E-state index contributed by atoms with van der Waals surface area (Å²) in [5.74, 6) is 3.77. The van der Waals surface area contributed by atoms with Gasteiger partial charge < -0.3 is 14.8 Å². The highest BCUT2D eigenvalue weighted by atomic mass is 16.6. The molecule has 1 aromatic carbocycles. The van der Waals surface area contributed by atoms with Gasteiger partial charge in [-0.2, -0.15) is 5.10 Å². The predicted octanol–water partition coefficient (Wildman–Crippen LogP) is 1.72. The molecule has 1 N–H and O–H groups in total. The molecule has 0 spiro atoms. The highest BCUT2D eigenvalue weighted by molar-refractivity contribution is 5.43. The molecular weight excluding hydrogens is 292 g/mol. The van der Waals surface area contributed by atoms with E-state index >= 15 is 0 Å². The number of hydrogen-bond acceptors (Lipinski definition) is 5. The molecule has 1 atom stereocenters. The summed E-state index contributed by atoms with van der Waals surface area (Å²) in [5.41, 5.74) is 1.22. The van der Waals surface area contributed by atoms with Crippen LogP contribution in [0.25, 0.3) is 0 Å². The summed E-state index contributed by atoms with van der Waals surface area (Å²) in [6, 6.07) is 6.59. The largest absolute Gasteiger partial charge is 0.486 e. The lowest BCUT2D eigenvalue weighted by molar-refractivity contribution is 0.171. The third kappa shape index (κ3) is 3.03. The topological polar surface area (TPSA) is 61.2 Å². The minimum atomic E-state index is 0.433. The summed E-state index contributed by atoms with van der Waals surface area (Å²) in [6.07, 6.45) is 2.99. The molecule has 0 saturated carbocycles. The van der Waals surface area contributed by atoms with Crippen molar-refractivity contribution in [1.82, 2.24) is 20.1 Å². The lowest BCUT2D eigenvalue weighted by Gasteiger charge is -2.24.